The fraction of sp³-hybridized carbons (Fsp3) is 0.467. The minimum atomic E-state index is -0.924. The molecular formula is C15H20BrNO4. The highest BCUT2D eigenvalue weighted by Crippen LogP contribution is 2.20. The van der Waals surface area contributed by atoms with E-state index in [0.29, 0.717) is 18.6 Å². The second-order valence-corrected chi connectivity index (χ2v) is 5.77. The molecule has 0 bridgehead atoms. The molecule has 0 fully saturated rings. The van der Waals surface area contributed by atoms with Crippen LogP contribution in [0.15, 0.2) is 28.7 Å². The van der Waals surface area contributed by atoms with Gasteiger partial charge in [-0.25, -0.2) is 0 Å². The fourth-order valence-electron chi connectivity index (χ4n) is 2.05. The molecule has 0 heterocycles. The molecular weight excluding hydrogens is 338 g/mol. The topological polar surface area (TPSA) is 75.6 Å². The molecule has 0 saturated heterocycles. The number of carboxylic acid groups (broad SMARTS) is 1. The van der Waals surface area contributed by atoms with Crippen LogP contribution in [-0.2, 0) is 9.59 Å². The number of carbonyl (C=O) groups is 2. The number of rotatable bonds is 8. The molecule has 5 nitrogen and oxygen atoms in total. The van der Waals surface area contributed by atoms with E-state index in [0.717, 1.165) is 4.47 Å². The van der Waals surface area contributed by atoms with Crippen molar-refractivity contribution in [3.63, 3.8) is 0 Å². The number of benzene rings is 1. The van der Waals surface area contributed by atoms with Crippen molar-refractivity contribution in [3.05, 3.63) is 28.7 Å². The highest BCUT2D eigenvalue weighted by atomic mass is 79.9. The van der Waals surface area contributed by atoms with Gasteiger partial charge in [0.2, 0.25) is 0 Å². The van der Waals surface area contributed by atoms with Gasteiger partial charge in [0.25, 0.3) is 5.91 Å². The molecule has 116 valence electrons. The van der Waals surface area contributed by atoms with Gasteiger partial charge < -0.3 is 15.2 Å². The van der Waals surface area contributed by atoms with E-state index in [1.54, 1.807) is 12.1 Å². The van der Waals surface area contributed by atoms with Crippen LogP contribution in [0.25, 0.3) is 0 Å². The van der Waals surface area contributed by atoms with Gasteiger partial charge in [0.15, 0.2) is 6.61 Å². The average Bonchev–Trinajstić information content (AvgIpc) is 2.44. The van der Waals surface area contributed by atoms with Crippen LogP contribution in [0.5, 0.6) is 5.75 Å². The first kappa shape index (κ1) is 17.5. The summed E-state index contributed by atoms with van der Waals surface area (Å²) < 4.78 is 6.26. The van der Waals surface area contributed by atoms with E-state index in [2.05, 4.69) is 21.2 Å². The van der Waals surface area contributed by atoms with Crippen molar-refractivity contribution in [1.82, 2.24) is 5.32 Å². The summed E-state index contributed by atoms with van der Waals surface area (Å²) in [5.74, 6) is -0.664. The summed E-state index contributed by atoms with van der Waals surface area (Å²) in [6, 6.07) is 7.18. The quantitative estimate of drug-likeness (QED) is 0.749. The fourth-order valence-corrected chi connectivity index (χ4v) is 2.43. The molecule has 0 unspecified atom stereocenters. The van der Waals surface area contributed by atoms with Crippen LogP contribution in [0.2, 0.25) is 0 Å². The molecule has 6 heteroatoms. The van der Waals surface area contributed by atoms with Gasteiger partial charge in [0.1, 0.15) is 5.75 Å². The van der Waals surface area contributed by atoms with Crippen LogP contribution in [0.3, 0.4) is 0 Å². The molecule has 1 aromatic rings. The summed E-state index contributed by atoms with van der Waals surface area (Å²) in [6.45, 7) is 3.58. The summed E-state index contributed by atoms with van der Waals surface area (Å²) in [4.78, 5) is 22.9. The van der Waals surface area contributed by atoms with Crippen LogP contribution in [0.1, 0.15) is 33.1 Å². The van der Waals surface area contributed by atoms with Crippen molar-refractivity contribution in [2.24, 2.45) is 0 Å². The van der Waals surface area contributed by atoms with Crippen LogP contribution >= 0.6 is 15.9 Å². The number of hydrogen-bond donors (Lipinski definition) is 2. The summed E-state index contributed by atoms with van der Waals surface area (Å²) in [7, 11) is 0. The molecule has 21 heavy (non-hydrogen) atoms. The molecule has 0 atom stereocenters. The van der Waals surface area contributed by atoms with Crippen molar-refractivity contribution < 1.29 is 19.4 Å². The van der Waals surface area contributed by atoms with E-state index in [9.17, 15) is 9.59 Å². The Bertz CT molecular complexity index is 500. The number of carboxylic acids is 1. The number of carbonyl (C=O) groups excluding carboxylic acids is 1. The summed E-state index contributed by atoms with van der Waals surface area (Å²) in [6.07, 6.45) is 1.01. The van der Waals surface area contributed by atoms with Crippen LogP contribution in [-0.4, -0.2) is 29.1 Å². The summed E-state index contributed by atoms with van der Waals surface area (Å²) >= 11 is 3.32. The third-order valence-electron chi connectivity index (χ3n) is 3.41. The molecule has 0 aliphatic carbocycles. The number of amides is 1. The van der Waals surface area contributed by atoms with Gasteiger partial charge in [-0.1, -0.05) is 35.8 Å². The maximum Gasteiger partial charge on any atom is 0.305 e. The molecule has 1 amide bonds. The zero-order valence-corrected chi connectivity index (χ0v) is 13.8. The normalized spacial score (nSPS) is 11.0. The molecule has 0 radical (unpaired) electrons. The van der Waals surface area contributed by atoms with E-state index in [-0.39, 0.29) is 18.9 Å². The van der Waals surface area contributed by atoms with E-state index in [1.807, 2.05) is 26.0 Å². The molecule has 0 aromatic heterocycles. The van der Waals surface area contributed by atoms with Gasteiger partial charge in [-0.15, -0.1) is 0 Å². The standard InChI is InChI=1S/C15H20BrNO4/c1-3-15(4-2,9-14(19)20)17-13(18)10-21-12-7-5-6-11(16)8-12/h5-8H,3-4,9-10H2,1-2H3,(H,17,18)(H,19,20). The Hall–Kier alpha value is -1.56. The molecule has 1 aromatic carbocycles. The second-order valence-electron chi connectivity index (χ2n) is 4.85. The SMILES string of the molecule is CCC(CC)(CC(=O)O)NC(=O)COc1cccc(Br)c1. The zero-order valence-electron chi connectivity index (χ0n) is 12.2. The molecule has 0 aliphatic rings. The predicted molar refractivity (Wildman–Crippen MR) is 83.3 cm³/mol. The average molecular weight is 358 g/mol. The molecule has 0 saturated carbocycles. The first-order valence-corrected chi connectivity index (χ1v) is 7.61. The van der Waals surface area contributed by atoms with Crippen molar-refractivity contribution in [1.29, 1.82) is 0 Å². The van der Waals surface area contributed by atoms with E-state index >= 15 is 0 Å². The predicted octanol–water partition coefficient (Wildman–Crippen LogP) is 2.98. The highest BCUT2D eigenvalue weighted by Gasteiger charge is 2.30. The number of aliphatic carboxylic acids is 1. The minimum Gasteiger partial charge on any atom is -0.484 e. The minimum absolute atomic E-state index is 0.0946. The number of ether oxygens (including phenoxy) is 1. The zero-order chi connectivity index (χ0) is 15.9. The van der Waals surface area contributed by atoms with Crippen molar-refractivity contribution >= 4 is 27.8 Å². The number of nitrogens with one attached hydrogen (secondary N) is 1. The Morgan fingerprint density at radius 2 is 2.00 bits per heavy atom. The lowest BCUT2D eigenvalue weighted by molar-refractivity contribution is -0.139. The lowest BCUT2D eigenvalue weighted by Gasteiger charge is -2.31. The van der Waals surface area contributed by atoms with Crippen molar-refractivity contribution in [2.45, 2.75) is 38.6 Å². The number of halogens is 1. The first-order chi connectivity index (χ1) is 9.90. The monoisotopic (exact) mass is 357 g/mol. The van der Waals surface area contributed by atoms with E-state index in [1.165, 1.54) is 0 Å². The Labute approximate surface area is 132 Å². The van der Waals surface area contributed by atoms with Gasteiger partial charge >= 0.3 is 5.97 Å². The molecule has 0 aliphatic heterocycles. The van der Waals surface area contributed by atoms with Crippen LogP contribution < -0.4 is 10.1 Å². The van der Waals surface area contributed by atoms with Gasteiger partial charge in [-0.3, -0.25) is 9.59 Å². The molecule has 2 N–H and O–H groups in total. The third-order valence-corrected chi connectivity index (χ3v) is 3.91. The Morgan fingerprint density at radius 1 is 1.33 bits per heavy atom. The van der Waals surface area contributed by atoms with Gasteiger partial charge in [-0.2, -0.15) is 0 Å². The number of hydrogen-bond acceptors (Lipinski definition) is 3. The largest absolute Gasteiger partial charge is 0.484 e. The van der Waals surface area contributed by atoms with E-state index in [4.69, 9.17) is 9.84 Å². The van der Waals surface area contributed by atoms with Crippen LogP contribution in [0, 0.1) is 0 Å². The van der Waals surface area contributed by atoms with Gasteiger partial charge in [0, 0.05) is 4.47 Å². The molecule has 0 spiro atoms. The molecule has 1 rings (SSSR count). The second kappa shape index (κ2) is 8.02. The maximum absolute atomic E-state index is 12.0. The van der Waals surface area contributed by atoms with Gasteiger partial charge in [0.05, 0.1) is 12.0 Å². The Morgan fingerprint density at radius 3 is 2.52 bits per heavy atom. The highest BCUT2D eigenvalue weighted by molar-refractivity contribution is 9.10. The van der Waals surface area contributed by atoms with Gasteiger partial charge in [-0.05, 0) is 31.0 Å². The Kier molecular flexibility index (Phi) is 6.68. The van der Waals surface area contributed by atoms with Crippen molar-refractivity contribution in [3.8, 4) is 5.75 Å². The maximum atomic E-state index is 12.0. The summed E-state index contributed by atoms with van der Waals surface area (Å²) in [5.41, 5.74) is -0.719. The summed E-state index contributed by atoms with van der Waals surface area (Å²) in [5, 5.41) is 11.8. The van der Waals surface area contributed by atoms with Crippen molar-refractivity contribution in [2.75, 3.05) is 6.61 Å². The smallest absolute Gasteiger partial charge is 0.305 e. The van der Waals surface area contributed by atoms with E-state index < -0.39 is 11.5 Å². The third kappa shape index (κ3) is 5.75. The lowest BCUT2D eigenvalue weighted by atomic mass is 9.89. The van der Waals surface area contributed by atoms with Crippen LogP contribution in [0.4, 0.5) is 0 Å². The lowest BCUT2D eigenvalue weighted by Crippen LogP contribution is -2.50. The first-order valence-electron chi connectivity index (χ1n) is 6.82. The Balaban J connectivity index is 2.60.